The first kappa shape index (κ1) is 15.9. The Balaban J connectivity index is 2.83. The van der Waals surface area contributed by atoms with E-state index in [0.717, 1.165) is 12.1 Å². The van der Waals surface area contributed by atoms with E-state index in [-0.39, 0.29) is 5.69 Å². The van der Waals surface area contributed by atoms with Gasteiger partial charge in [0, 0.05) is 11.8 Å². The van der Waals surface area contributed by atoms with E-state index in [1.165, 1.54) is 6.07 Å². The summed E-state index contributed by atoms with van der Waals surface area (Å²) in [7, 11) is 0. The van der Waals surface area contributed by atoms with Crippen LogP contribution in [0.4, 0.5) is 19.3 Å². The lowest BCUT2D eigenvalue weighted by molar-refractivity contribution is 0.0635. The highest BCUT2D eigenvalue weighted by Gasteiger charge is 2.22. The van der Waals surface area contributed by atoms with Crippen LogP contribution < -0.4 is 5.32 Å². The number of halogens is 2. The molecule has 0 radical (unpaired) electrons. The van der Waals surface area contributed by atoms with Crippen LogP contribution in [0.1, 0.15) is 31.1 Å². The van der Waals surface area contributed by atoms with Crippen molar-refractivity contribution in [2.45, 2.75) is 32.8 Å². The van der Waals surface area contributed by atoms with Crippen molar-refractivity contribution in [3.63, 3.8) is 0 Å². The molecule has 1 amide bonds. The maximum Gasteiger partial charge on any atom is 0.412 e. The quantitative estimate of drug-likeness (QED) is 0.837. The zero-order valence-electron chi connectivity index (χ0n) is 11.2. The first-order valence-electron chi connectivity index (χ1n) is 5.75. The summed E-state index contributed by atoms with van der Waals surface area (Å²) in [6, 6.07) is 3.23. The first-order chi connectivity index (χ1) is 9.10. The number of carbonyl (C=O) groups is 2. The maximum atomic E-state index is 12.2. The smallest absolute Gasteiger partial charge is 0.412 e. The van der Waals surface area contributed by atoms with Crippen LogP contribution in [0, 0.1) is 0 Å². The Bertz CT molecular complexity index is 524. The van der Waals surface area contributed by atoms with Crippen LogP contribution in [0.15, 0.2) is 18.2 Å². The van der Waals surface area contributed by atoms with Gasteiger partial charge in [0.25, 0.3) is 0 Å². The van der Waals surface area contributed by atoms with Gasteiger partial charge in [0.05, 0.1) is 5.56 Å². The van der Waals surface area contributed by atoms with Crippen molar-refractivity contribution in [2.75, 3.05) is 5.32 Å². The van der Waals surface area contributed by atoms with Crippen LogP contribution in [-0.4, -0.2) is 29.0 Å². The highest BCUT2D eigenvalue weighted by molar-refractivity contribution is 6.01. The summed E-state index contributed by atoms with van der Waals surface area (Å²) in [5, 5.41) is 11.8. The molecule has 5 nitrogen and oxygen atoms in total. The lowest BCUT2D eigenvalue weighted by Crippen LogP contribution is -2.27. The molecular weight excluding hydrogens is 272 g/mol. The average molecular weight is 287 g/mol. The monoisotopic (exact) mass is 287 g/mol. The SMILES string of the molecule is CC(C)(C)OC(=O)Nc1ccc(C(=O)C(F)F)c(O)c1. The largest absolute Gasteiger partial charge is 0.507 e. The molecule has 0 heterocycles. The second kappa shape index (κ2) is 5.85. The molecule has 0 unspecified atom stereocenters. The van der Waals surface area contributed by atoms with Crippen LogP contribution in [0.5, 0.6) is 5.75 Å². The molecule has 0 spiro atoms. The Morgan fingerprint density at radius 3 is 2.35 bits per heavy atom. The molecule has 7 heteroatoms. The number of ether oxygens (including phenoxy) is 1. The second-order valence-corrected chi connectivity index (χ2v) is 5.02. The molecule has 110 valence electrons. The second-order valence-electron chi connectivity index (χ2n) is 5.02. The minimum absolute atomic E-state index is 0.127. The molecule has 0 atom stereocenters. The van der Waals surface area contributed by atoms with E-state index in [1.54, 1.807) is 20.8 Å². The highest BCUT2D eigenvalue weighted by Crippen LogP contribution is 2.24. The van der Waals surface area contributed by atoms with E-state index in [9.17, 15) is 23.5 Å². The molecule has 0 aliphatic rings. The summed E-state index contributed by atoms with van der Waals surface area (Å²) >= 11 is 0. The fraction of sp³-hybridized carbons (Fsp3) is 0.385. The van der Waals surface area contributed by atoms with Gasteiger partial charge in [-0.2, -0.15) is 0 Å². The van der Waals surface area contributed by atoms with Gasteiger partial charge in [-0.3, -0.25) is 10.1 Å². The molecule has 1 aromatic rings. The topological polar surface area (TPSA) is 75.6 Å². The van der Waals surface area contributed by atoms with Gasteiger partial charge >= 0.3 is 12.5 Å². The summed E-state index contributed by atoms with van der Waals surface area (Å²) in [5.74, 6) is -2.12. The van der Waals surface area contributed by atoms with Crippen LogP contribution >= 0.6 is 0 Å². The zero-order chi connectivity index (χ0) is 15.5. The lowest BCUT2D eigenvalue weighted by Gasteiger charge is -2.19. The van der Waals surface area contributed by atoms with Crippen LogP contribution in [-0.2, 0) is 4.74 Å². The number of benzene rings is 1. The molecule has 1 aromatic carbocycles. The van der Waals surface area contributed by atoms with Gasteiger partial charge in [0.2, 0.25) is 5.78 Å². The normalized spacial score (nSPS) is 11.3. The summed E-state index contributed by atoms with van der Waals surface area (Å²) in [6.07, 6.45) is -3.96. The van der Waals surface area contributed by atoms with Gasteiger partial charge in [-0.05, 0) is 32.9 Å². The molecule has 0 fully saturated rings. The molecule has 1 rings (SSSR count). The number of carbonyl (C=O) groups excluding carboxylic acids is 2. The summed E-state index contributed by atoms with van der Waals surface area (Å²) in [6.45, 7) is 5.03. The van der Waals surface area contributed by atoms with E-state index in [1.807, 2.05) is 0 Å². The van der Waals surface area contributed by atoms with Crippen molar-refractivity contribution in [3.8, 4) is 5.75 Å². The number of nitrogens with one attached hydrogen (secondary N) is 1. The van der Waals surface area contributed by atoms with E-state index in [0.29, 0.717) is 0 Å². The number of phenols is 1. The first-order valence-corrected chi connectivity index (χ1v) is 5.75. The number of hydrogen-bond acceptors (Lipinski definition) is 4. The number of anilines is 1. The van der Waals surface area contributed by atoms with Crippen molar-refractivity contribution >= 4 is 17.6 Å². The van der Waals surface area contributed by atoms with Gasteiger partial charge in [-0.1, -0.05) is 0 Å². The fourth-order valence-corrected chi connectivity index (χ4v) is 1.36. The van der Waals surface area contributed by atoms with Crippen LogP contribution in [0.3, 0.4) is 0 Å². The highest BCUT2D eigenvalue weighted by atomic mass is 19.3. The summed E-state index contributed by atoms with van der Waals surface area (Å²) in [5.41, 5.74) is -1.07. The van der Waals surface area contributed by atoms with Gasteiger partial charge in [0.1, 0.15) is 11.4 Å². The average Bonchev–Trinajstić information content (AvgIpc) is 2.25. The van der Waals surface area contributed by atoms with Gasteiger partial charge in [-0.25, -0.2) is 13.6 Å². The number of ketones is 1. The fourth-order valence-electron chi connectivity index (χ4n) is 1.36. The van der Waals surface area contributed by atoms with Crippen molar-refractivity contribution in [1.82, 2.24) is 0 Å². The molecule has 0 aliphatic heterocycles. The van der Waals surface area contributed by atoms with Gasteiger partial charge in [0.15, 0.2) is 0 Å². The third-order valence-electron chi connectivity index (χ3n) is 2.11. The minimum atomic E-state index is -3.20. The van der Waals surface area contributed by atoms with Crippen LogP contribution in [0.2, 0.25) is 0 Å². The van der Waals surface area contributed by atoms with Gasteiger partial charge in [-0.15, -0.1) is 0 Å². The lowest BCUT2D eigenvalue weighted by atomic mass is 10.1. The number of aromatic hydroxyl groups is 1. The van der Waals surface area contributed by atoms with Crippen molar-refractivity contribution in [2.24, 2.45) is 0 Å². The van der Waals surface area contributed by atoms with Crippen molar-refractivity contribution < 1.29 is 28.2 Å². The number of rotatable bonds is 3. The Kier molecular flexibility index (Phi) is 4.65. The third kappa shape index (κ3) is 4.49. The number of Topliss-reactive ketones (excluding diaryl/α,β-unsaturated/α-hetero) is 1. The molecule has 0 bridgehead atoms. The standard InChI is InChI=1S/C13H15F2NO4/c1-13(2,3)20-12(19)16-7-4-5-8(9(17)6-7)10(18)11(14)15/h4-6,11,17H,1-3H3,(H,16,19). The number of alkyl halides is 2. The summed E-state index contributed by atoms with van der Waals surface area (Å²) in [4.78, 5) is 22.5. The number of phenolic OH excluding ortho intramolecular Hbond substituents is 1. The molecule has 0 aromatic heterocycles. The molecule has 0 saturated carbocycles. The van der Waals surface area contributed by atoms with Crippen molar-refractivity contribution in [1.29, 1.82) is 0 Å². The zero-order valence-corrected chi connectivity index (χ0v) is 11.2. The molecule has 0 aliphatic carbocycles. The predicted molar refractivity (Wildman–Crippen MR) is 68.3 cm³/mol. The van der Waals surface area contributed by atoms with Crippen LogP contribution in [0.25, 0.3) is 0 Å². The van der Waals surface area contributed by atoms with Gasteiger partial charge < -0.3 is 9.84 Å². The predicted octanol–water partition coefficient (Wildman–Crippen LogP) is 3.19. The van der Waals surface area contributed by atoms with E-state index in [4.69, 9.17) is 4.74 Å². The molecule has 2 N–H and O–H groups in total. The Hall–Kier alpha value is -2.18. The number of hydrogen-bond donors (Lipinski definition) is 2. The maximum absolute atomic E-state index is 12.2. The third-order valence-corrected chi connectivity index (χ3v) is 2.11. The van der Waals surface area contributed by atoms with Crippen molar-refractivity contribution in [3.05, 3.63) is 23.8 Å². The van der Waals surface area contributed by atoms with E-state index in [2.05, 4.69) is 5.32 Å². The molecular formula is C13H15F2NO4. The molecule has 0 saturated heterocycles. The summed E-state index contributed by atoms with van der Waals surface area (Å²) < 4.78 is 29.5. The number of amides is 1. The Morgan fingerprint density at radius 1 is 1.30 bits per heavy atom. The van der Waals surface area contributed by atoms with E-state index < -0.39 is 35.2 Å². The Labute approximate surface area is 114 Å². The molecule has 20 heavy (non-hydrogen) atoms. The van der Waals surface area contributed by atoms with E-state index >= 15 is 0 Å². The Morgan fingerprint density at radius 2 is 1.90 bits per heavy atom. The minimum Gasteiger partial charge on any atom is -0.507 e.